The van der Waals surface area contributed by atoms with Crippen LogP contribution in [0.3, 0.4) is 0 Å². The molecule has 4 heteroatoms. The number of aryl methyl sites for hydroxylation is 1. The standard InChI is InChI=1S/C15H22N4/c1-11(2)19-9-5-6-12(19)10-14-17-13-7-4-8-16-15(13)18(14)3/h4,7-8,11-12H,5-6,9-10H2,1-3H3. The quantitative estimate of drug-likeness (QED) is 0.847. The molecule has 1 aliphatic heterocycles. The fourth-order valence-corrected chi connectivity index (χ4v) is 3.22. The summed E-state index contributed by atoms with van der Waals surface area (Å²) < 4.78 is 2.14. The van der Waals surface area contributed by atoms with E-state index in [1.165, 1.54) is 19.4 Å². The molecule has 1 atom stereocenters. The van der Waals surface area contributed by atoms with Gasteiger partial charge in [-0.25, -0.2) is 9.97 Å². The number of pyridine rings is 1. The van der Waals surface area contributed by atoms with Crippen molar-refractivity contribution in [3.8, 4) is 0 Å². The number of rotatable bonds is 3. The van der Waals surface area contributed by atoms with Crippen LogP contribution in [0.25, 0.3) is 11.2 Å². The predicted molar refractivity (Wildman–Crippen MR) is 77.1 cm³/mol. The van der Waals surface area contributed by atoms with Gasteiger partial charge in [0.05, 0.1) is 0 Å². The van der Waals surface area contributed by atoms with E-state index in [0.29, 0.717) is 12.1 Å². The first-order chi connectivity index (χ1) is 9.16. The average molecular weight is 258 g/mol. The second-order valence-electron chi connectivity index (χ2n) is 5.76. The number of imidazole rings is 1. The van der Waals surface area contributed by atoms with Crippen LogP contribution in [-0.4, -0.2) is 38.1 Å². The van der Waals surface area contributed by atoms with Gasteiger partial charge in [-0.1, -0.05) is 0 Å². The number of likely N-dealkylation sites (tertiary alicyclic amines) is 1. The highest BCUT2D eigenvalue weighted by Gasteiger charge is 2.28. The van der Waals surface area contributed by atoms with E-state index in [2.05, 4.69) is 35.3 Å². The van der Waals surface area contributed by atoms with Crippen LogP contribution in [0.2, 0.25) is 0 Å². The Morgan fingerprint density at radius 3 is 3.00 bits per heavy atom. The molecule has 1 aliphatic rings. The number of hydrogen-bond donors (Lipinski definition) is 0. The van der Waals surface area contributed by atoms with Gasteiger partial charge in [0.15, 0.2) is 5.65 Å². The van der Waals surface area contributed by atoms with E-state index < -0.39 is 0 Å². The third kappa shape index (κ3) is 2.25. The summed E-state index contributed by atoms with van der Waals surface area (Å²) in [5.74, 6) is 1.16. The van der Waals surface area contributed by atoms with E-state index in [1.54, 1.807) is 0 Å². The summed E-state index contributed by atoms with van der Waals surface area (Å²) in [4.78, 5) is 11.8. The lowest BCUT2D eigenvalue weighted by Gasteiger charge is -2.28. The van der Waals surface area contributed by atoms with Crippen LogP contribution in [0.1, 0.15) is 32.5 Å². The van der Waals surface area contributed by atoms with Crippen molar-refractivity contribution in [3.05, 3.63) is 24.2 Å². The second kappa shape index (κ2) is 4.93. The molecule has 0 N–H and O–H groups in total. The van der Waals surface area contributed by atoms with Gasteiger partial charge in [0.1, 0.15) is 11.3 Å². The number of hydrogen-bond acceptors (Lipinski definition) is 3. The van der Waals surface area contributed by atoms with Gasteiger partial charge in [0.2, 0.25) is 0 Å². The zero-order valence-corrected chi connectivity index (χ0v) is 12.0. The zero-order chi connectivity index (χ0) is 13.4. The van der Waals surface area contributed by atoms with E-state index in [1.807, 2.05) is 18.3 Å². The molecule has 0 spiro atoms. The molecule has 0 aliphatic carbocycles. The predicted octanol–water partition coefficient (Wildman–Crippen LogP) is 2.38. The van der Waals surface area contributed by atoms with Crippen molar-refractivity contribution >= 4 is 11.2 Å². The Bertz CT molecular complexity index is 573. The molecule has 3 heterocycles. The fourth-order valence-electron chi connectivity index (χ4n) is 3.22. The normalized spacial score (nSPS) is 20.7. The summed E-state index contributed by atoms with van der Waals surface area (Å²) in [6.45, 7) is 5.80. The number of fused-ring (bicyclic) bond motifs is 1. The third-order valence-corrected chi connectivity index (χ3v) is 4.22. The molecular weight excluding hydrogens is 236 g/mol. The zero-order valence-electron chi connectivity index (χ0n) is 12.0. The fraction of sp³-hybridized carbons (Fsp3) is 0.600. The topological polar surface area (TPSA) is 34.0 Å². The average Bonchev–Trinajstić information content (AvgIpc) is 2.97. The Kier molecular flexibility index (Phi) is 3.27. The highest BCUT2D eigenvalue weighted by atomic mass is 15.2. The van der Waals surface area contributed by atoms with E-state index >= 15 is 0 Å². The van der Waals surface area contributed by atoms with Gasteiger partial charge in [-0.3, -0.25) is 4.90 Å². The van der Waals surface area contributed by atoms with Crippen molar-refractivity contribution in [1.82, 2.24) is 19.4 Å². The van der Waals surface area contributed by atoms with Crippen LogP contribution in [0, 0.1) is 0 Å². The van der Waals surface area contributed by atoms with Gasteiger partial charge in [0.25, 0.3) is 0 Å². The minimum Gasteiger partial charge on any atom is -0.316 e. The molecule has 3 rings (SSSR count). The van der Waals surface area contributed by atoms with Gasteiger partial charge in [-0.05, 0) is 45.4 Å². The molecule has 0 radical (unpaired) electrons. The SMILES string of the molecule is CC(C)N1CCCC1Cc1nc2cccnc2n1C. The summed E-state index contributed by atoms with van der Waals surface area (Å²) in [6, 6.07) is 5.26. The second-order valence-corrected chi connectivity index (χ2v) is 5.76. The smallest absolute Gasteiger partial charge is 0.159 e. The van der Waals surface area contributed by atoms with Crippen LogP contribution in [0.15, 0.2) is 18.3 Å². The maximum atomic E-state index is 4.74. The van der Waals surface area contributed by atoms with Crippen molar-refractivity contribution in [2.45, 2.75) is 45.2 Å². The first kappa shape index (κ1) is 12.6. The molecule has 4 nitrogen and oxygen atoms in total. The van der Waals surface area contributed by atoms with Crippen LogP contribution < -0.4 is 0 Å². The molecule has 2 aromatic heterocycles. The largest absolute Gasteiger partial charge is 0.316 e. The van der Waals surface area contributed by atoms with Crippen LogP contribution in [-0.2, 0) is 13.5 Å². The summed E-state index contributed by atoms with van der Waals surface area (Å²) >= 11 is 0. The van der Waals surface area contributed by atoms with Crippen molar-refractivity contribution < 1.29 is 0 Å². The van der Waals surface area contributed by atoms with Crippen molar-refractivity contribution in [1.29, 1.82) is 0 Å². The Morgan fingerprint density at radius 2 is 2.26 bits per heavy atom. The molecule has 0 amide bonds. The molecule has 2 aromatic rings. The van der Waals surface area contributed by atoms with Crippen molar-refractivity contribution in [2.24, 2.45) is 7.05 Å². The van der Waals surface area contributed by atoms with Crippen LogP contribution in [0.5, 0.6) is 0 Å². The van der Waals surface area contributed by atoms with E-state index in [-0.39, 0.29) is 0 Å². The highest BCUT2D eigenvalue weighted by molar-refractivity contribution is 5.70. The molecule has 1 saturated heterocycles. The Labute approximate surface area is 114 Å². The monoisotopic (exact) mass is 258 g/mol. The van der Waals surface area contributed by atoms with E-state index in [9.17, 15) is 0 Å². The van der Waals surface area contributed by atoms with Gasteiger partial charge < -0.3 is 4.57 Å². The van der Waals surface area contributed by atoms with Gasteiger partial charge in [-0.2, -0.15) is 0 Å². The first-order valence-electron chi connectivity index (χ1n) is 7.19. The molecule has 1 unspecified atom stereocenters. The first-order valence-corrected chi connectivity index (χ1v) is 7.19. The third-order valence-electron chi connectivity index (χ3n) is 4.22. The summed E-state index contributed by atoms with van der Waals surface area (Å²) in [7, 11) is 2.08. The Morgan fingerprint density at radius 1 is 1.42 bits per heavy atom. The van der Waals surface area contributed by atoms with Crippen LogP contribution >= 0.6 is 0 Å². The molecular formula is C15H22N4. The molecule has 0 aromatic carbocycles. The molecule has 19 heavy (non-hydrogen) atoms. The van der Waals surface area contributed by atoms with Crippen molar-refractivity contribution in [3.63, 3.8) is 0 Å². The number of aromatic nitrogens is 3. The summed E-state index contributed by atoms with van der Waals surface area (Å²) in [5.41, 5.74) is 2.00. The lowest BCUT2D eigenvalue weighted by atomic mass is 10.1. The van der Waals surface area contributed by atoms with Gasteiger partial charge in [-0.15, -0.1) is 0 Å². The molecule has 1 fully saturated rings. The maximum Gasteiger partial charge on any atom is 0.159 e. The highest BCUT2D eigenvalue weighted by Crippen LogP contribution is 2.24. The van der Waals surface area contributed by atoms with Gasteiger partial charge in [0, 0.05) is 31.7 Å². The molecule has 102 valence electrons. The lowest BCUT2D eigenvalue weighted by Crippen LogP contribution is -2.37. The molecule has 0 bridgehead atoms. The van der Waals surface area contributed by atoms with Crippen LogP contribution in [0.4, 0.5) is 0 Å². The van der Waals surface area contributed by atoms with E-state index in [4.69, 9.17) is 4.98 Å². The minimum absolute atomic E-state index is 0.625. The number of nitrogens with zero attached hydrogens (tertiary/aromatic N) is 4. The maximum absolute atomic E-state index is 4.74. The lowest BCUT2D eigenvalue weighted by molar-refractivity contribution is 0.200. The van der Waals surface area contributed by atoms with E-state index in [0.717, 1.165) is 23.4 Å². The summed E-state index contributed by atoms with van der Waals surface area (Å²) in [5, 5.41) is 0. The van der Waals surface area contributed by atoms with Gasteiger partial charge >= 0.3 is 0 Å². The Balaban J connectivity index is 1.87. The summed E-state index contributed by atoms with van der Waals surface area (Å²) in [6.07, 6.45) is 5.47. The van der Waals surface area contributed by atoms with Crippen molar-refractivity contribution in [2.75, 3.05) is 6.54 Å². The Hall–Kier alpha value is -1.42. The molecule has 0 saturated carbocycles. The minimum atomic E-state index is 0.625.